The van der Waals surface area contributed by atoms with E-state index in [-0.39, 0.29) is 11.8 Å². The SMILES string of the molecule is COc1ccc(CCc2nc(C3CC(=O)N(c4c(C)cc(C)cc4C)C3)no2)cc1. The number of benzene rings is 2. The zero-order chi connectivity index (χ0) is 21.3. The number of carbonyl (C=O) groups excluding carboxylic acids is 1. The second kappa shape index (κ2) is 8.30. The van der Waals surface area contributed by atoms with Gasteiger partial charge in [0.2, 0.25) is 11.8 Å². The maximum atomic E-state index is 12.7. The fraction of sp³-hybridized carbons (Fsp3) is 0.375. The third-order valence-corrected chi connectivity index (χ3v) is 5.67. The summed E-state index contributed by atoms with van der Waals surface area (Å²) in [5.74, 6) is 2.14. The lowest BCUT2D eigenvalue weighted by Gasteiger charge is -2.22. The first-order valence-corrected chi connectivity index (χ1v) is 10.3. The second-order valence-electron chi connectivity index (χ2n) is 8.05. The van der Waals surface area contributed by atoms with Gasteiger partial charge in [-0.05, 0) is 56.0 Å². The fourth-order valence-corrected chi connectivity index (χ4v) is 4.27. The van der Waals surface area contributed by atoms with Crippen LogP contribution in [0.15, 0.2) is 40.9 Å². The van der Waals surface area contributed by atoms with Crippen molar-refractivity contribution in [2.75, 3.05) is 18.6 Å². The number of anilines is 1. The number of hydrogen-bond donors (Lipinski definition) is 0. The molecule has 0 N–H and O–H groups in total. The average molecular weight is 405 g/mol. The largest absolute Gasteiger partial charge is 0.497 e. The molecular formula is C24H27N3O3. The highest BCUT2D eigenvalue weighted by atomic mass is 16.5. The summed E-state index contributed by atoms with van der Waals surface area (Å²) in [5.41, 5.74) is 5.64. The summed E-state index contributed by atoms with van der Waals surface area (Å²) in [6, 6.07) is 12.2. The van der Waals surface area contributed by atoms with Gasteiger partial charge in [-0.15, -0.1) is 0 Å². The zero-order valence-electron chi connectivity index (χ0n) is 17.9. The van der Waals surface area contributed by atoms with Crippen LogP contribution in [0.5, 0.6) is 5.75 Å². The summed E-state index contributed by atoms with van der Waals surface area (Å²) in [5, 5.41) is 4.17. The van der Waals surface area contributed by atoms with Gasteiger partial charge in [-0.1, -0.05) is 35.0 Å². The lowest BCUT2D eigenvalue weighted by molar-refractivity contribution is -0.117. The highest BCUT2D eigenvalue weighted by Gasteiger charge is 2.35. The van der Waals surface area contributed by atoms with E-state index in [2.05, 4.69) is 43.0 Å². The number of nitrogens with zero attached hydrogens (tertiary/aromatic N) is 3. The molecular weight excluding hydrogens is 378 g/mol. The molecule has 1 aliphatic heterocycles. The molecule has 0 saturated carbocycles. The number of aryl methyl sites for hydroxylation is 5. The molecule has 6 heteroatoms. The van der Waals surface area contributed by atoms with Crippen molar-refractivity contribution in [1.82, 2.24) is 10.1 Å². The molecule has 1 saturated heterocycles. The lowest BCUT2D eigenvalue weighted by atomic mass is 10.0. The third-order valence-electron chi connectivity index (χ3n) is 5.67. The standard InChI is InChI=1S/C24H27N3O3/c1-15-11-16(2)23(17(3)12-15)27-14-19(13-22(27)28)24-25-21(30-26-24)10-7-18-5-8-20(29-4)9-6-18/h5-6,8-9,11-12,19H,7,10,13-14H2,1-4H3. The maximum absolute atomic E-state index is 12.7. The molecule has 6 nitrogen and oxygen atoms in total. The van der Waals surface area contributed by atoms with Gasteiger partial charge in [0.1, 0.15) is 5.75 Å². The van der Waals surface area contributed by atoms with Gasteiger partial charge in [0.15, 0.2) is 5.82 Å². The molecule has 4 rings (SSSR count). The zero-order valence-corrected chi connectivity index (χ0v) is 17.9. The lowest BCUT2D eigenvalue weighted by Crippen LogP contribution is -2.26. The molecule has 2 heterocycles. The fourth-order valence-electron chi connectivity index (χ4n) is 4.27. The Morgan fingerprint density at radius 1 is 1.10 bits per heavy atom. The van der Waals surface area contributed by atoms with Crippen molar-refractivity contribution in [3.05, 3.63) is 70.4 Å². The number of ether oxygens (including phenoxy) is 1. The molecule has 2 aromatic carbocycles. The number of rotatable bonds is 6. The predicted molar refractivity (Wildman–Crippen MR) is 115 cm³/mol. The van der Waals surface area contributed by atoms with Gasteiger partial charge in [-0.3, -0.25) is 4.79 Å². The molecule has 3 aromatic rings. The summed E-state index contributed by atoms with van der Waals surface area (Å²) < 4.78 is 10.7. The summed E-state index contributed by atoms with van der Waals surface area (Å²) in [6.07, 6.45) is 1.88. The first kappa shape index (κ1) is 20.1. The maximum Gasteiger partial charge on any atom is 0.227 e. The summed E-state index contributed by atoms with van der Waals surface area (Å²) in [6.45, 7) is 6.77. The molecule has 1 aliphatic rings. The van der Waals surface area contributed by atoms with Crippen molar-refractivity contribution in [2.24, 2.45) is 0 Å². The van der Waals surface area contributed by atoms with Gasteiger partial charge in [-0.25, -0.2) is 0 Å². The number of methoxy groups -OCH3 is 1. The second-order valence-corrected chi connectivity index (χ2v) is 8.05. The molecule has 0 bridgehead atoms. The predicted octanol–water partition coefficient (Wildman–Crippen LogP) is 4.31. The van der Waals surface area contributed by atoms with Crippen LogP contribution >= 0.6 is 0 Å². The van der Waals surface area contributed by atoms with Gasteiger partial charge < -0.3 is 14.2 Å². The van der Waals surface area contributed by atoms with Crippen LogP contribution in [0.1, 0.15) is 46.3 Å². The van der Waals surface area contributed by atoms with Crippen LogP contribution in [0.25, 0.3) is 0 Å². The Morgan fingerprint density at radius 2 is 1.80 bits per heavy atom. The van der Waals surface area contributed by atoms with Crippen molar-refractivity contribution >= 4 is 11.6 Å². The Morgan fingerprint density at radius 3 is 2.47 bits per heavy atom. The number of carbonyl (C=O) groups is 1. The van der Waals surface area contributed by atoms with Crippen molar-refractivity contribution in [3.8, 4) is 5.75 Å². The average Bonchev–Trinajstić information content (AvgIpc) is 3.33. The first-order valence-electron chi connectivity index (χ1n) is 10.3. The van der Waals surface area contributed by atoms with E-state index in [4.69, 9.17) is 9.26 Å². The summed E-state index contributed by atoms with van der Waals surface area (Å²) in [4.78, 5) is 19.2. The van der Waals surface area contributed by atoms with Gasteiger partial charge >= 0.3 is 0 Å². The Bertz CT molecular complexity index is 1030. The van der Waals surface area contributed by atoms with Crippen LogP contribution < -0.4 is 9.64 Å². The normalized spacial score (nSPS) is 16.3. The quantitative estimate of drug-likeness (QED) is 0.611. The molecule has 156 valence electrons. The van der Waals surface area contributed by atoms with Gasteiger partial charge in [0, 0.05) is 31.0 Å². The van der Waals surface area contributed by atoms with Crippen LogP contribution in [0.3, 0.4) is 0 Å². The van der Waals surface area contributed by atoms with Crippen molar-refractivity contribution < 1.29 is 14.1 Å². The Kier molecular flexibility index (Phi) is 5.57. The number of aromatic nitrogens is 2. The van der Waals surface area contributed by atoms with Crippen molar-refractivity contribution in [2.45, 2.75) is 46.0 Å². The van der Waals surface area contributed by atoms with Crippen LogP contribution in [0.2, 0.25) is 0 Å². The molecule has 0 spiro atoms. The molecule has 1 amide bonds. The molecule has 1 fully saturated rings. The molecule has 0 aliphatic carbocycles. The van der Waals surface area contributed by atoms with Gasteiger partial charge in [-0.2, -0.15) is 4.98 Å². The van der Waals surface area contributed by atoms with Gasteiger partial charge in [0.25, 0.3) is 0 Å². The minimum absolute atomic E-state index is 0.0453. The van der Waals surface area contributed by atoms with Crippen molar-refractivity contribution in [3.63, 3.8) is 0 Å². The summed E-state index contributed by atoms with van der Waals surface area (Å²) >= 11 is 0. The molecule has 0 radical (unpaired) electrons. The third kappa shape index (κ3) is 4.08. The van der Waals surface area contributed by atoms with Crippen molar-refractivity contribution in [1.29, 1.82) is 0 Å². The molecule has 1 aromatic heterocycles. The minimum Gasteiger partial charge on any atom is -0.497 e. The minimum atomic E-state index is -0.0453. The molecule has 1 unspecified atom stereocenters. The first-order chi connectivity index (χ1) is 14.4. The number of amides is 1. The Balaban J connectivity index is 1.43. The Hall–Kier alpha value is -3.15. The summed E-state index contributed by atoms with van der Waals surface area (Å²) in [7, 11) is 1.66. The van der Waals surface area contributed by atoms with E-state index in [0.717, 1.165) is 29.0 Å². The van der Waals surface area contributed by atoms with E-state index >= 15 is 0 Å². The van der Waals surface area contributed by atoms with E-state index in [0.29, 0.717) is 31.1 Å². The van der Waals surface area contributed by atoms with Crippen LogP contribution in [-0.2, 0) is 17.6 Å². The van der Waals surface area contributed by atoms with E-state index < -0.39 is 0 Å². The van der Waals surface area contributed by atoms with Crippen LogP contribution in [0.4, 0.5) is 5.69 Å². The van der Waals surface area contributed by atoms with Crippen LogP contribution in [0, 0.1) is 20.8 Å². The molecule has 30 heavy (non-hydrogen) atoms. The highest BCUT2D eigenvalue weighted by molar-refractivity contribution is 5.97. The van der Waals surface area contributed by atoms with E-state index in [1.165, 1.54) is 11.1 Å². The monoisotopic (exact) mass is 405 g/mol. The number of hydrogen-bond acceptors (Lipinski definition) is 5. The highest BCUT2D eigenvalue weighted by Crippen LogP contribution is 2.34. The Labute approximate surface area is 176 Å². The van der Waals surface area contributed by atoms with E-state index in [1.54, 1.807) is 7.11 Å². The van der Waals surface area contributed by atoms with Gasteiger partial charge in [0.05, 0.1) is 7.11 Å². The van der Waals surface area contributed by atoms with E-state index in [9.17, 15) is 4.79 Å². The van der Waals surface area contributed by atoms with E-state index in [1.807, 2.05) is 29.2 Å². The topological polar surface area (TPSA) is 68.5 Å². The smallest absolute Gasteiger partial charge is 0.227 e. The van der Waals surface area contributed by atoms with Crippen LogP contribution in [-0.4, -0.2) is 29.7 Å². The molecule has 1 atom stereocenters.